The number of hydrogen-bond acceptors (Lipinski definition) is 1. The van der Waals surface area contributed by atoms with E-state index < -0.39 is 0 Å². The number of nitrogens with zero attached hydrogens (tertiary/aromatic N) is 1. The summed E-state index contributed by atoms with van der Waals surface area (Å²) in [5.74, 6) is 0.325. The maximum atomic E-state index is 4.28. The molecule has 0 N–H and O–H groups in total. The molecule has 0 aromatic heterocycles. The highest BCUT2D eigenvalue weighted by molar-refractivity contribution is 6.02. The Bertz CT molecular complexity index is 385. The van der Waals surface area contributed by atoms with Gasteiger partial charge in [-0.05, 0) is 11.6 Å². The quantitative estimate of drug-likeness (QED) is 0.634. The molecule has 0 aliphatic heterocycles. The van der Waals surface area contributed by atoms with Gasteiger partial charge in [-0.2, -0.15) is 0 Å². The second-order valence-electron chi connectivity index (χ2n) is 3.28. The maximum absolute atomic E-state index is 4.28. The summed E-state index contributed by atoms with van der Waals surface area (Å²) in [7, 11) is 1.84. The first kappa shape index (κ1) is 8.95. The van der Waals surface area contributed by atoms with Crippen molar-refractivity contribution in [2.24, 2.45) is 4.99 Å². The second kappa shape index (κ2) is 4.05. The summed E-state index contributed by atoms with van der Waals surface area (Å²) in [5, 5.41) is 0. The van der Waals surface area contributed by atoms with Crippen molar-refractivity contribution in [1.82, 2.24) is 0 Å². The zero-order valence-electron chi connectivity index (χ0n) is 8.22. The summed E-state index contributed by atoms with van der Waals surface area (Å²) >= 11 is 0. The van der Waals surface area contributed by atoms with Gasteiger partial charge in [0.05, 0.1) is 0 Å². The first-order valence-corrected chi connectivity index (χ1v) is 4.78. The average molecular weight is 183 g/mol. The molecule has 70 valence electrons. The lowest BCUT2D eigenvalue weighted by molar-refractivity contribution is 1.12. The van der Waals surface area contributed by atoms with Crippen LogP contribution in [0.3, 0.4) is 0 Å². The maximum Gasteiger partial charge on any atom is 0.0457 e. The molecular weight excluding hydrogens is 170 g/mol. The molecule has 0 fully saturated rings. The predicted octanol–water partition coefficient (Wildman–Crippen LogP) is 2.97. The van der Waals surface area contributed by atoms with Gasteiger partial charge in [0.2, 0.25) is 0 Å². The van der Waals surface area contributed by atoms with Gasteiger partial charge < -0.3 is 0 Å². The van der Waals surface area contributed by atoms with E-state index in [0.29, 0.717) is 5.92 Å². The molecule has 1 nitrogen and oxygen atoms in total. The monoisotopic (exact) mass is 183 g/mol. The van der Waals surface area contributed by atoms with E-state index in [2.05, 4.69) is 47.5 Å². The van der Waals surface area contributed by atoms with Crippen LogP contribution in [0.15, 0.2) is 59.6 Å². The Morgan fingerprint density at radius 2 is 1.86 bits per heavy atom. The Morgan fingerprint density at radius 3 is 2.57 bits per heavy atom. The summed E-state index contributed by atoms with van der Waals surface area (Å²) in [6, 6.07) is 10.4. The van der Waals surface area contributed by atoms with Crippen molar-refractivity contribution < 1.29 is 0 Å². The third-order valence-corrected chi connectivity index (χ3v) is 2.42. The fourth-order valence-corrected chi connectivity index (χ4v) is 1.69. The van der Waals surface area contributed by atoms with E-state index in [1.54, 1.807) is 0 Å². The smallest absolute Gasteiger partial charge is 0.0457 e. The van der Waals surface area contributed by atoms with Crippen molar-refractivity contribution in [3.63, 3.8) is 0 Å². The van der Waals surface area contributed by atoms with E-state index in [9.17, 15) is 0 Å². The zero-order chi connectivity index (χ0) is 9.80. The molecule has 2 rings (SSSR count). The van der Waals surface area contributed by atoms with E-state index in [1.807, 2.05) is 19.2 Å². The summed E-state index contributed by atoms with van der Waals surface area (Å²) in [6.07, 6.45) is 8.35. The molecule has 14 heavy (non-hydrogen) atoms. The lowest BCUT2D eigenvalue weighted by Gasteiger charge is -2.15. The van der Waals surface area contributed by atoms with Gasteiger partial charge in [-0.3, -0.25) is 4.99 Å². The van der Waals surface area contributed by atoms with Crippen LogP contribution in [0.5, 0.6) is 0 Å². The number of hydrogen-bond donors (Lipinski definition) is 0. The molecule has 1 atom stereocenters. The van der Waals surface area contributed by atoms with Crippen LogP contribution >= 0.6 is 0 Å². The van der Waals surface area contributed by atoms with E-state index >= 15 is 0 Å². The Kier molecular flexibility index (Phi) is 2.59. The summed E-state index contributed by atoms with van der Waals surface area (Å²) in [5.41, 5.74) is 2.42. The van der Waals surface area contributed by atoms with Gasteiger partial charge in [0.15, 0.2) is 0 Å². The molecule has 0 heterocycles. The summed E-state index contributed by atoms with van der Waals surface area (Å²) in [6.45, 7) is 0. The van der Waals surface area contributed by atoms with Gasteiger partial charge in [-0.25, -0.2) is 0 Å². The lowest BCUT2D eigenvalue weighted by atomic mass is 9.91. The lowest BCUT2D eigenvalue weighted by Crippen LogP contribution is -2.09. The van der Waals surface area contributed by atoms with Gasteiger partial charge in [0.1, 0.15) is 0 Å². The predicted molar refractivity (Wildman–Crippen MR) is 60.8 cm³/mol. The standard InChI is InChI=1S/C13H13N/c1-14-13-10-6-5-9-12(13)11-7-3-2-4-8-11/h2-10,12H,1H3. The Balaban J connectivity index is 2.35. The molecule has 1 aromatic rings. The highest BCUT2D eigenvalue weighted by atomic mass is 14.7. The van der Waals surface area contributed by atoms with E-state index in [1.165, 1.54) is 5.56 Å². The molecular formula is C13H13N. The Morgan fingerprint density at radius 1 is 1.07 bits per heavy atom. The van der Waals surface area contributed by atoms with Crippen LogP contribution in [0.25, 0.3) is 0 Å². The first-order chi connectivity index (χ1) is 6.92. The minimum Gasteiger partial charge on any atom is -0.292 e. The molecule has 0 radical (unpaired) electrons. The third kappa shape index (κ3) is 1.67. The van der Waals surface area contributed by atoms with Crippen molar-refractivity contribution in [2.45, 2.75) is 5.92 Å². The van der Waals surface area contributed by atoms with Crippen LogP contribution in [-0.2, 0) is 0 Å². The first-order valence-electron chi connectivity index (χ1n) is 4.78. The van der Waals surface area contributed by atoms with Gasteiger partial charge in [-0.15, -0.1) is 0 Å². The van der Waals surface area contributed by atoms with Crippen LogP contribution in [-0.4, -0.2) is 12.8 Å². The number of benzene rings is 1. The van der Waals surface area contributed by atoms with Gasteiger partial charge >= 0.3 is 0 Å². The topological polar surface area (TPSA) is 12.4 Å². The van der Waals surface area contributed by atoms with Crippen LogP contribution in [0.2, 0.25) is 0 Å². The molecule has 1 aromatic carbocycles. The summed E-state index contributed by atoms with van der Waals surface area (Å²) < 4.78 is 0. The minimum atomic E-state index is 0.325. The van der Waals surface area contributed by atoms with Crippen molar-refractivity contribution >= 4 is 5.71 Å². The summed E-state index contributed by atoms with van der Waals surface area (Å²) in [4.78, 5) is 4.28. The van der Waals surface area contributed by atoms with Gasteiger partial charge in [0, 0.05) is 18.7 Å². The molecule has 0 spiro atoms. The molecule has 0 saturated carbocycles. The zero-order valence-corrected chi connectivity index (χ0v) is 8.22. The molecule has 1 aliphatic rings. The molecule has 1 unspecified atom stereocenters. The molecule has 1 heteroatoms. The van der Waals surface area contributed by atoms with Crippen LogP contribution < -0.4 is 0 Å². The van der Waals surface area contributed by atoms with Gasteiger partial charge in [-0.1, -0.05) is 48.6 Å². The van der Waals surface area contributed by atoms with Crippen molar-refractivity contribution in [2.75, 3.05) is 7.05 Å². The Labute approximate surface area is 84.5 Å². The van der Waals surface area contributed by atoms with Crippen molar-refractivity contribution in [3.05, 3.63) is 60.2 Å². The van der Waals surface area contributed by atoms with E-state index in [-0.39, 0.29) is 0 Å². The van der Waals surface area contributed by atoms with Crippen molar-refractivity contribution in [3.8, 4) is 0 Å². The van der Waals surface area contributed by atoms with E-state index in [4.69, 9.17) is 0 Å². The van der Waals surface area contributed by atoms with Crippen molar-refractivity contribution in [1.29, 1.82) is 0 Å². The van der Waals surface area contributed by atoms with Gasteiger partial charge in [0.25, 0.3) is 0 Å². The van der Waals surface area contributed by atoms with Crippen LogP contribution in [0.4, 0.5) is 0 Å². The largest absolute Gasteiger partial charge is 0.292 e. The fraction of sp³-hybridized carbons (Fsp3) is 0.154. The highest BCUT2D eigenvalue weighted by Gasteiger charge is 2.13. The second-order valence-corrected chi connectivity index (χ2v) is 3.28. The van der Waals surface area contributed by atoms with Crippen LogP contribution in [0.1, 0.15) is 11.5 Å². The molecule has 0 saturated heterocycles. The Hall–Kier alpha value is -1.63. The highest BCUT2D eigenvalue weighted by Crippen LogP contribution is 2.22. The third-order valence-electron chi connectivity index (χ3n) is 2.42. The number of allylic oxidation sites excluding steroid dienone is 4. The molecule has 1 aliphatic carbocycles. The number of aliphatic imine (C=N–C) groups is 1. The SMILES string of the molecule is CN=C1C=CC=CC1c1ccccc1. The normalized spacial score (nSPS) is 22.9. The fourth-order valence-electron chi connectivity index (χ4n) is 1.69. The molecule has 0 bridgehead atoms. The van der Waals surface area contributed by atoms with E-state index in [0.717, 1.165) is 5.71 Å². The minimum absolute atomic E-state index is 0.325. The average Bonchev–Trinajstić information content (AvgIpc) is 2.30. The van der Waals surface area contributed by atoms with Crippen LogP contribution in [0, 0.1) is 0 Å². The number of rotatable bonds is 1. The molecule has 0 amide bonds.